The molecule has 0 aliphatic rings. The van der Waals surface area contributed by atoms with E-state index in [0.29, 0.717) is 18.5 Å². The van der Waals surface area contributed by atoms with Crippen LogP contribution in [0.3, 0.4) is 0 Å². The molecule has 220 valence electrons. The summed E-state index contributed by atoms with van der Waals surface area (Å²) in [6.07, 6.45) is 2.70. The highest BCUT2D eigenvalue weighted by Gasteiger charge is 2.31. The summed E-state index contributed by atoms with van der Waals surface area (Å²) in [5, 5.41) is 3.07. The van der Waals surface area contributed by atoms with Gasteiger partial charge in [0.2, 0.25) is 21.8 Å². The third-order valence-electron chi connectivity index (χ3n) is 7.05. The maximum atomic E-state index is 13.9. The van der Waals surface area contributed by atoms with Gasteiger partial charge in [-0.1, -0.05) is 83.5 Å². The molecule has 0 aliphatic heterocycles. The number of carbonyl (C=O) groups is 2. The fourth-order valence-electron chi connectivity index (χ4n) is 4.65. The Labute approximate surface area is 253 Å². The predicted molar refractivity (Wildman–Crippen MR) is 169 cm³/mol. The second-order valence-corrected chi connectivity index (χ2v) is 13.2. The second kappa shape index (κ2) is 15.2. The van der Waals surface area contributed by atoms with Gasteiger partial charge in [0, 0.05) is 36.4 Å². The van der Waals surface area contributed by atoms with Crippen molar-refractivity contribution in [1.29, 1.82) is 0 Å². The first-order valence-corrected chi connectivity index (χ1v) is 16.5. The van der Waals surface area contributed by atoms with Gasteiger partial charge in [0.05, 0.1) is 11.9 Å². The lowest BCUT2D eigenvalue weighted by atomic mass is 10.0. The summed E-state index contributed by atoms with van der Waals surface area (Å²) in [6, 6.07) is 23.9. The number of hydrogen-bond acceptors (Lipinski definition) is 4. The number of benzene rings is 3. The smallest absolute Gasteiger partial charge is 0.243 e. The van der Waals surface area contributed by atoms with Crippen LogP contribution in [-0.4, -0.2) is 50.0 Å². The topological polar surface area (TPSA) is 86.8 Å². The number of anilines is 1. The van der Waals surface area contributed by atoms with Gasteiger partial charge in [-0.05, 0) is 61.6 Å². The summed E-state index contributed by atoms with van der Waals surface area (Å²) in [7, 11) is -3.56. The second-order valence-electron chi connectivity index (χ2n) is 10.4. The number of hydrogen-bond donors (Lipinski definition) is 1. The molecule has 0 saturated carbocycles. The number of halogens is 1. The van der Waals surface area contributed by atoms with Crippen molar-refractivity contribution >= 4 is 43.5 Å². The molecule has 0 fully saturated rings. The lowest BCUT2D eigenvalue weighted by Crippen LogP contribution is -2.52. The number of rotatable bonds is 14. The van der Waals surface area contributed by atoms with Crippen LogP contribution in [0.5, 0.6) is 0 Å². The molecule has 0 spiro atoms. The van der Waals surface area contributed by atoms with Crippen molar-refractivity contribution in [3.63, 3.8) is 0 Å². The molecule has 2 amide bonds. The average molecular weight is 643 g/mol. The Morgan fingerprint density at radius 1 is 0.951 bits per heavy atom. The third-order valence-corrected chi connectivity index (χ3v) is 8.72. The van der Waals surface area contributed by atoms with Gasteiger partial charge >= 0.3 is 0 Å². The highest BCUT2D eigenvalue weighted by atomic mass is 79.9. The zero-order chi connectivity index (χ0) is 30.0. The van der Waals surface area contributed by atoms with E-state index in [-0.39, 0.29) is 37.4 Å². The van der Waals surface area contributed by atoms with Gasteiger partial charge in [-0.3, -0.25) is 13.9 Å². The van der Waals surface area contributed by atoms with Crippen LogP contribution in [0, 0.1) is 6.92 Å². The SMILES string of the molecule is CC[C@@H](C)NC(=O)[C@@H](Cc1ccccc1)N(Cc1cccc(Br)c1)C(=O)CCCN(c1ccccc1C)S(C)(=O)=O. The van der Waals surface area contributed by atoms with E-state index in [1.807, 2.05) is 87.5 Å². The molecule has 3 aromatic rings. The van der Waals surface area contributed by atoms with Crippen LogP contribution < -0.4 is 9.62 Å². The first-order valence-electron chi connectivity index (χ1n) is 13.9. The quantitative estimate of drug-likeness (QED) is 0.239. The van der Waals surface area contributed by atoms with E-state index in [9.17, 15) is 18.0 Å². The monoisotopic (exact) mass is 641 g/mol. The van der Waals surface area contributed by atoms with E-state index < -0.39 is 16.1 Å². The maximum absolute atomic E-state index is 13.9. The molecule has 41 heavy (non-hydrogen) atoms. The van der Waals surface area contributed by atoms with Crippen LogP contribution in [0.2, 0.25) is 0 Å². The average Bonchev–Trinajstić information content (AvgIpc) is 2.93. The van der Waals surface area contributed by atoms with Crippen molar-refractivity contribution in [3.05, 3.63) is 100 Å². The van der Waals surface area contributed by atoms with Crippen molar-refractivity contribution in [2.75, 3.05) is 17.1 Å². The minimum Gasteiger partial charge on any atom is -0.352 e. The minimum atomic E-state index is -3.56. The van der Waals surface area contributed by atoms with Crippen LogP contribution in [0.25, 0.3) is 0 Å². The lowest BCUT2D eigenvalue weighted by molar-refractivity contribution is -0.141. The molecule has 0 aromatic heterocycles. The number of aryl methyl sites for hydroxylation is 1. The number of amides is 2. The summed E-state index contributed by atoms with van der Waals surface area (Å²) in [4.78, 5) is 29.2. The third kappa shape index (κ3) is 9.71. The summed E-state index contributed by atoms with van der Waals surface area (Å²) in [5.41, 5.74) is 3.28. The zero-order valence-electron chi connectivity index (χ0n) is 24.2. The standard InChI is InChI=1S/C32H40BrN3O4S/c1-5-25(3)34-32(38)30(22-26-14-7-6-8-15-26)35(23-27-16-11-17-28(33)21-27)31(37)19-12-20-36(41(4,39)40)29-18-10-9-13-24(29)2/h6-11,13-18,21,25,30H,5,12,19-20,22-23H2,1-4H3,(H,34,38)/t25-,30-/m1/s1. The molecule has 0 bridgehead atoms. The van der Waals surface area contributed by atoms with Crippen molar-refractivity contribution in [2.45, 2.75) is 65.1 Å². The van der Waals surface area contributed by atoms with E-state index >= 15 is 0 Å². The Hall–Kier alpha value is -3.17. The zero-order valence-corrected chi connectivity index (χ0v) is 26.6. The van der Waals surface area contributed by atoms with Crippen molar-refractivity contribution in [2.24, 2.45) is 0 Å². The van der Waals surface area contributed by atoms with E-state index in [0.717, 1.165) is 27.6 Å². The summed E-state index contributed by atoms with van der Waals surface area (Å²) >= 11 is 3.51. The molecular weight excluding hydrogens is 602 g/mol. The number of sulfonamides is 1. The van der Waals surface area contributed by atoms with Crippen LogP contribution in [0.1, 0.15) is 49.8 Å². The van der Waals surface area contributed by atoms with Gasteiger partial charge < -0.3 is 10.2 Å². The number of nitrogens with zero attached hydrogens (tertiary/aromatic N) is 2. The molecule has 2 atom stereocenters. The molecule has 0 radical (unpaired) electrons. The Kier molecular flexibility index (Phi) is 12.0. The normalized spacial score (nSPS) is 12.8. The molecule has 0 heterocycles. The molecular formula is C32H40BrN3O4S. The van der Waals surface area contributed by atoms with Crippen LogP contribution in [-0.2, 0) is 32.6 Å². The predicted octanol–water partition coefficient (Wildman–Crippen LogP) is 5.86. The van der Waals surface area contributed by atoms with Gasteiger partial charge in [0.1, 0.15) is 6.04 Å². The van der Waals surface area contributed by atoms with Gasteiger partial charge in [0.15, 0.2) is 0 Å². The molecule has 7 nitrogen and oxygen atoms in total. The van der Waals surface area contributed by atoms with Gasteiger partial charge in [-0.25, -0.2) is 8.42 Å². The van der Waals surface area contributed by atoms with Crippen molar-refractivity contribution < 1.29 is 18.0 Å². The van der Waals surface area contributed by atoms with Crippen molar-refractivity contribution in [1.82, 2.24) is 10.2 Å². The van der Waals surface area contributed by atoms with E-state index in [4.69, 9.17) is 0 Å². The van der Waals surface area contributed by atoms with E-state index in [1.165, 1.54) is 10.6 Å². The highest BCUT2D eigenvalue weighted by Crippen LogP contribution is 2.24. The summed E-state index contributed by atoms with van der Waals surface area (Å²) < 4.78 is 27.6. The molecule has 0 saturated heterocycles. The molecule has 3 rings (SSSR count). The Morgan fingerprint density at radius 3 is 2.24 bits per heavy atom. The summed E-state index contributed by atoms with van der Waals surface area (Å²) in [5.74, 6) is -0.410. The summed E-state index contributed by atoms with van der Waals surface area (Å²) in [6.45, 7) is 6.22. The maximum Gasteiger partial charge on any atom is 0.243 e. The Balaban J connectivity index is 1.90. The largest absolute Gasteiger partial charge is 0.352 e. The molecule has 9 heteroatoms. The number of para-hydroxylation sites is 1. The molecule has 0 aliphatic carbocycles. The van der Waals surface area contributed by atoms with Gasteiger partial charge in [0.25, 0.3) is 0 Å². The molecule has 0 unspecified atom stereocenters. The van der Waals surface area contributed by atoms with Crippen LogP contribution in [0.4, 0.5) is 5.69 Å². The molecule has 1 N–H and O–H groups in total. The first kappa shape index (κ1) is 32.3. The highest BCUT2D eigenvalue weighted by molar-refractivity contribution is 9.10. The molecule has 3 aromatic carbocycles. The lowest BCUT2D eigenvalue weighted by Gasteiger charge is -2.33. The van der Waals surface area contributed by atoms with Crippen LogP contribution >= 0.6 is 15.9 Å². The number of carbonyl (C=O) groups excluding carboxylic acids is 2. The van der Waals surface area contributed by atoms with Gasteiger partial charge in [-0.15, -0.1) is 0 Å². The van der Waals surface area contributed by atoms with Gasteiger partial charge in [-0.2, -0.15) is 0 Å². The minimum absolute atomic E-state index is 0.0407. The fraction of sp³-hybridized carbons (Fsp3) is 0.375. The first-order chi connectivity index (χ1) is 19.5. The number of nitrogens with one attached hydrogen (secondary N) is 1. The van der Waals surface area contributed by atoms with E-state index in [1.54, 1.807) is 17.0 Å². The van der Waals surface area contributed by atoms with Crippen molar-refractivity contribution in [3.8, 4) is 0 Å². The fourth-order valence-corrected chi connectivity index (χ4v) is 6.12. The van der Waals surface area contributed by atoms with Crippen LogP contribution in [0.15, 0.2) is 83.3 Å². The Bertz CT molecular complexity index is 1420. The van der Waals surface area contributed by atoms with E-state index in [2.05, 4.69) is 21.2 Å². The Morgan fingerprint density at radius 2 is 1.61 bits per heavy atom.